The van der Waals surface area contributed by atoms with E-state index >= 15 is 0 Å². The van der Waals surface area contributed by atoms with Gasteiger partial charge in [0.15, 0.2) is 0 Å². The van der Waals surface area contributed by atoms with Crippen molar-refractivity contribution >= 4 is 16.9 Å². The summed E-state index contributed by atoms with van der Waals surface area (Å²) in [5, 5.41) is 0.847. The number of carbonyl (C=O) groups is 1. The Labute approximate surface area is 161 Å². The molecule has 0 atom stereocenters. The van der Waals surface area contributed by atoms with Crippen LogP contribution < -0.4 is 0 Å². The lowest BCUT2D eigenvalue weighted by Crippen LogP contribution is -2.12. The molecule has 27 heavy (non-hydrogen) atoms. The molecule has 1 heterocycles. The van der Waals surface area contributed by atoms with Crippen molar-refractivity contribution in [2.75, 3.05) is 0 Å². The lowest BCUT2D eigenvalue weighted by atomic mass is 9.87. The van der Waals surface area contributed by atoms with Crippen molar-refractivity contribution in [1.82, 2.24) is 4.98 Å². The van der Waals surface area contributed by atoms with Crippen LogP contribution in [0.5, 0.6) is 0 Å². The standard InChI is InChI=1S/C24H27NO2/c1-6-20-16(2)22(19-9-7-8-10-21(19)25-20)23(26)27-15-17-11-13-18(14-12-17)24(3,4)5/h7-14H,6,15H2,1-5H3. The van der Waals surface area contributed by atoms with Gasteiger partial charge in [-0.25, -0.2) is 4.79 Å². The Morgan fingerprint density at radius 3 is 2.33 bits per heavy atom. The van der Waals surface area contributed by atoms with Crippen LogP contribution in [0.25, 0.3) is 10.9 Å². The van der Waals surface area contributed by atoms with Gasteiger partial charge in [0, 0.05) is 11.1 Å². The largest absolute Gasteiger partial charge is 0.457 e. The Morgan fingerprint density at radius 2 is 1.70 bits per heavy atom. The number of benzene rings is 2. The first kappa shape index (κ1) is 19.1. The van der Waals surface area contributed by atoms with Crippen molar-refractivity contribution in [3.63, 3.8) is 0 Å². The van der Waals surface area contributed by atoms with Crippen LogP contribution in [0.4, 0.5) is 0 Å². The minimum absolute atomic E-state index is 0.110. The minimum atomic E-state index is -0.291. The summed E-state index contributed by atoms with van der Waals surface area (Å²) in [5.41, 5.74) is 5.67. The maximum Gasteiger partial charge on any atom is 0.339 e. The third kappa shape index (κ3) is 4.02. The van der Waals surface area contributed by atoms with Crippen molar-refractivity contribution in [2.24, 2.45) is 0 Å². The van der Waals surface area contributed by atoms with E-state index < -0.39 is 0 Å². The summed E-state index contributed by atoms with van der Waals surface area (Å²) in [4.78, 5) is 17.6. The maximum absolute atomic E-state index is 12.9. The lowest BCUT2D eigenvalue weighted by molar-refractivity contribution is 0.0474. The molecule has 0 radical (unpaired) electrons. The van der Waals surface area contributed by atoms with Crippen molar-refractivity contribution < 1.29 is 9.53 Å². The minimum Gasteiger partial charge on any atom is -0.457 e. The molecule has 0 N–H and O–H groups in total. The number of hydrogen-bond acceptors (Lipinski definition) is 3. The van der Waals surface area contributed by atoms with E-state index in [-0.39, 0.29) is 18.0 Å². The number of aryl methyl sites for hydroxylation is 1. The van der Waals surface area contributed by atoms with Gasteiger partial charge in [0.1, 0.15) is 6.61 Å². The monoisotopic (exact) mass is 361 g/mol. The van der Waals surface area contributed by atoms with Crippen LogP contribution in [0.2, 0.25) is 0 Å². The zero-order chi connectivity index (χ0) is 19.6. The molecule has 3 rings (SSSR count). The van der Waals surface area contributed by atoms with Crippen LogP contribution >= 0.6 is 0 Å². The Balaban J connectivity index is 1.85. The molecule has 0 bridgehead atoms. The second-order valence-corrected chi connectivity index (χ2v) is 7.95. The van der Waals surface area contributed by atoms with E-state index in [4.69, 9.17) is 4.74 Å². The number of rotatable bonds is 4. The van der Waals surface area contributed by atoms with E-state index in [1.165, 1.54) is 5.56 Å². The average molecular weight is 361 g/mol. The molecule has 1 aromatic heterocycles. The average Bonchev–Trinajstić information content (AvgIpc) is 2.65. The Morgan fingerprint density at radius 1 is 1.04 bits per heavy atom. The van der Waals surface area contributed by atoms with Crippen molar-refractivity contribution in [1.29, 1.82) is 0 Å². The van der Waals surface area contributed by atoms with Crippen molar-refractivity contribution in [2.45, 2.75) is 53.1 Å². The highest BCUT2D eigenvalue weighted by Gasteiger charge is 2.19. The number of nitrogens with zero attached hydrogens (tertiary/aromatic N) is 1. The Kier molecular flexibility index (Phi) is 5.31. The van der Waals surface area contributed by atoms with E-state index in [2.05, 4.69) is 44.8 Å². The summed E-state index contributed by atoms with van der Waals surface area (Å²) >= 11 is 0. The van der Waals surface area contributed by atoms with E-state index in [1.807, 2.05) is 43.3 Å². The second kappa shape index (κ2) is 7.51. The number of hydrogen-bond donors (Lipinski definition) is 0. The van der Waals surface area contributed by atoms with Crippen LogP contribution in [0.1, 0.15) is 60.4 Å². The van der Waals surface area contributed by atoms with Gasteiger partial charge < -0.3 is 4.74 Å². The van der Waals surface area contributed by atoms with Gasteiger partial charge in [-0.05, 0) is 41.5 Å². The van der Waals surface area contributed by atoms with E-state index in [0.29, 0.717) is 5.56 Å². The fourth-order valence-corrected chi connectivity index (χ4v) is 3.29. The number of pyridine rings is 1. The molecule has 0 fully saturated rings. The van der Waals surface area contributed by atoms with E-state index in [9.17, 15) is 4.79 Å². The fraction of sp³-hybridized carbons (Fsp3) is 0.333. The third-order valence-corrected chi connectivity index (χ3v) is 4.97. The first-order valence-electron chi connectivity index (χ1n) is 9.46. The summed E-state index contributed by atoms with van der Waals surface area (Å²) in [6.45, 7) is 10.8. The first-order valence-corrected chi connectivity index (χ1v) is 9.46. The number of carbonyl (C=O) groups excluding carboxylic acids is 1. The molecular weight excluding hydrogens is 334 g/mol. The van der Waals surface area contributed by atoms with Crippen molar-refractivity contribution in [3.8, 4) is 0 Å². The summed E-state index contributed by atoms with van der Waals surface area (Å²) in [6.07, 6.45) is 0.783. The molecule has 0 aliphatic carbocycles. The quantitative estimate of drug-likeness (QED) is 0.555. The summed E-state index contributed by atoms with van der Waals surface area (Å²) in [6, 6.07) is 16.0. The molecule has 0 unspecified atom stereocenters. The highest BCUT2D eigenvalue weighted by molar-refractivity contribution is 6.05. The van der Waals surface area contributed by atoms with E-state index in [1.54, 1.807) is 0 Å². The molecule has 0 amide bonds. The van der Waals surface area contributed by atoms with Gasteiger partial charge >= 0.3 is 5.97 Å². The van der Waals surface area contributed by atoms with Crippen LogP contribution in [0, 0.1) is 6.92 Å². The Bertz CT molecular complexity index is 966. The van der Waals surface area contributed by atoms with Crippen LogP contribution in [0.15, 0.2) is 48.5 Å². The topological polar surface area (TPSA) is 39.2 Å². The van der Waals surface area contributed by atoms with Crippen LogP contribution in [-0.2, 0) is 23.2 Å². The first-order chi connectivity index (χ1) is 12.8. The van der Waals surface area contributed by atoms with Gasteiger partial charge in [0.05, 0.1) is 11.1 Å². The second-order valence-electron chi connectivity index (χ2n) is 7.95. The van der Waals surface area contributed by atoms with Gasteiger partial charge in [-0.3, -0.25) is 4.98 Å². The normalized spacial score (nSPS) is 11.6. The van der Waals surface area contributed by atoms with Crippen LogP contribution in [0.3, 0.4) is 0 Å². The molecule has 0 spiro atoms. The molecule has 3 nitrogen and oxygen atoms in total. The molecule has 0 saturated heterocycles. The number of aromatic nitrogens is 1. The number of esters is 1. The number of para-hydroxylation sites is 1. The van der Waals surface area contributed by atoms with Crippen molar-refractivity contribution in [3.05, 3.63) is 76.5 Å². The molecule has 3 heteroatoms. The molecule has 140 valence electrons. The smallest absolute Gasteiger partial charge is 0.339 e. The molecule has 0 saturated carbocycles. The van der Waals surface area contributed by atoms with Gasteiger partial charge in [-0.2, -0.15) is 0 Å². The van der Waals surface area contributed by atoms with Gasteiger partial charge in [0.25, 0.3) is 0 Å². The number of ether oxygens (including phenoxy) is 1. The summed E-state index contributed by atoms with van der Waals surface area (Å²) in [7, 11) is 0. The Hall–Kier alpha value is -2.68. The predicted octanol–water partition coefficient (Wildman–Crippen LogP) is 5.76. The SMILES string of the molecule is CCc1nc2ccccc2c(C(=O)OCc2ccc(C(C)(C)C)cc2)c1C. The summed E-state index contributed by atoms with van der Waals surface area (Å²) in [5.74, 6) is -0.291. The lowest BCUT2D eigenvalue weighted by Gasteiger charge is -2.19. The van der Waals surface area contributed by atoms with Gasteiger partial charge in [-0.15, -0.1) is 0 Å². The maximum atomic E-state index is 12.9. The predicted molar refractivity (Wildman–Crippen MR) is 110 cm³/mol. The zero-order valence-corrected chi connectivity index (χ0v) is 16.8. The fourth-order valence-electron chi connectivity index (χ4n) is 3.29. The number of fused-ring (bicyclic) bond motifs is 1. The molecule has 0 aliphatic heterocycles. The highest BCUT2D eigenvalue weighted by Crippen LogP contribution is 2.25. The third-order valence-electron chi connectivity index (χ3n) is 4.97. The van der Waals surface area contributed by atoms with Gasteiger partial charge in [-0.1, -0.05) is 70.2 Å². The molecule has 2 aromatic carbocycles. The van der Waals surface area contributed by atoms with Crippen LogP contribution in [-0.4, -0.2) is 11.0 Å². The van der Waals surface area contributed by atoms with E-state index in [0.717, 1.165) is 34.1 Å². The molecular formula is C24H27NO2. The zero-order valence-electron chi connectivity index (χ0n) is 16.8. The van der Waals surface area contributed by atoms with Gasteiger partial charge in [0.2, 0.25) is 0 Å². The highest BCUT2D eigenvalue weighted by atomic mass is 16.5. The summed E-state index contributed by atoms with van der Waals surface area (Å²) < 4.78 is 5.66. The molecule has 3 aromatic rings. The molecule has 0 aliphatic rings.